The molecule has 0 atom stereocenters. The van der Waals surface area contributed by atoms with E-state index in [1.54, 1.807) is 7.11 Å². The Bertz CT molecular complexity index is 1270. The average molecular weight is 394 g/mol. The van der Waals surface area contributed by atoms with Crippen molar-refractivity contribution in [3.05, 3.63) is 97.1 Å². The summed E-state index contributed by atoms with van der Waals surface area (Å²) in [5.74, 6) is 1.88. The van der Waals surface area contributed by atoms with E-state index in [0.29, 0.717) is 11.6 Å². The van der Waals surface area contributed by atoms with Crippen molar-refractivity contribution in [2.75, 3.05) is 18.2 Å². The maximum atomic E-state index is 6.04. The third kappa shape index (κ3) is 4.31. The number of para-hydroxylation sites is 3. The van der Waals surface area contributed by atoms with Crippen LogP contribution in [0.5, 0.6) is 5.75 Å². The molecule has 5 nitrogen and oxygen atoms in total. The molecule has 1 aromatic heterocycles. The number of anilines is 3. The maximum Gasteiger partial charge on any atom is 0.174 e. The van der Waals surface area contributed by atoms with E-state index in [0.717, 1.165) is 27.9 Å². The Balaban J connectivity index is 0.000000230. The second-order valence-electron chi connectivity index (χ2n) is 6.62. The van der Waals surface area contributed by atoms with Crippen LogP contribution in [0.2, 0.25) is 0 Å². The molecular weight excluding hydrogens is 372 g/mol. The highest BCUT2D eigenvalue weighted by molar-refractivity contribution is 5.96. The third-order valence-electron chi connectivity index (χ3n) is 4.62. The molecular formula is C25H22N4O. The largest absolute Gasteiger partial charge is 0.497 e. The van der Waals surface area contributed by atoms with Gasteiger partial charge in [0.15, 0.2) is 11.6 Å². The molecule has 0 unspecified atom stereocenters. The van der Waals surface area contributed by atoms with Crippen molar-refractivity contribution in [3.63, 3.8) is 0 Å². The van der Waals surface area contributed by atoms with Crippen molar-refractivity contribution in [1.29, 1.82) is 0 Å². The highest BCUT2D eigenvalue weighted by Gasteiger charge is 2.07. The van der Waals surface area contributed by atoms with Crippen LogP contribution >= 0.6 is 0 Å². The van der Waals surface area contributed by atoms with Crippen LogP contribution in [-0.2, 0) is 0 Å². The summed E-state index contributed by atoms with van der Waals surface area (Å²) >= 11 is 0. The van der Waals surface area contributed by atoms with Gasteiger partial charge in [0.05, 0.1) is 18.1 Å². The minimum absolute atomic E-state index is 0.395. The van der Waals surface area contributed by atoms with E-state index in [-0.39, 0.29) is 0 Å². The van der Waals surface area contributed by atoms with Gasteiger partial charge in [0.1, 0.15) is 5.75 Å². The monoisotopic (exact) mass is 394 g/mol. The summed E-state index contributed by atoms with van der Waals surface area (Å²) in [5.41, 5.74) is 8.62. The van der Waals surface area contributed by atoms with E-state index in [1.807, 2.05) is 78.9 Å². The molecule has 0 aliphatic rings. The van der Waals surface area contributed by atoms with Gasteiger partial charge in [-0.05, 0) is 35.7 Å². The predicted octanol–water partition coefficient (Wildman–Crippen LogP) is 5.80. The van der Waals surface area contributed by atoms with Gasteiger partial charge in [0.2, 0.25) is 0 Å². The van der Waals surface area contributed by atoms with Gasteiger partial charge in [-0.3, -0.25) is 0 Å². The zero-order valence-electron chi connectivity index (χ0n) is 16.6. The first-order valence-electron chi connectivity index (χ1n) is 9.60. The van der Waals surface area contributed by atoms with E-state index < -0.39 is 0 Å². The van der Waals surface area contributed by atoms with Gasteiger partial charge in [0.25, 0.3) is 0 Å². The summed E-state index contributed by atoms with van der Waals surface area (Å²) in [6.07, 6.45) is 0. The fourth-order valence-corrected chi connectivity index (χ4v) is 3.12. The number of nitrogens with zero attached hydrogens (tertiary/aromatic N) is 2. The summed E-state index contributed by atoms with van der Waals surface area (Å²) < 4.78 is 4.91. The smallest absolute Gasteiger partial charge is 0.174 e. The molecule has 0 radical (unpaired) electrons. The van der Waals surface area contributed by atoms with Crippen LogP contribution in [0, 0.1) is 0 Å². The van der Waals surface area contributed by atoms with Crippen molar-refractivity contribution in [3.8, 4) is 5.75 Å². The summed E-state index contributed by atoms with van der Waals surface area (Å²) in [5, 5.41) is 5.60. The lowest BCUT2D eigenvalue weighted by molar-refractivity contribution is 0.415. The average Bonchev–Trinajstić information content (AvgIpc) is 2.81. The van der Waals surface area contributed by atoms with Gasteiger partial charge in [-0.2, -0.15) is 0 Å². The molecule has 5 rings (SSSR count). The van der Waals surface area contributed by atoms with Crippen molar-refractivity contribution >= 4 is 39.1 Å². The van der Waals surface area contributed by atoms with E-state index in [2.05, 4.69) is 33.5 Å². The molecule has 5 heteroatoms. The number of ether oxygens (including phenoxy) is 1. The van der Waals surface area contributed by atoms with Crippen LogP contribution in [0.15, 0.2) is 97.1 Å². The normalized spacial score (nSPS) is 10.3. The van der Waals surface area contributed by atoms with Crippen LogP contribution < -0.4 is 15.8 Å². The van der Waals surface area contributed by atoms with Gasteiger partial charge < -0.3 is 15.8 Å². The Morgan fingerprint density at radius 2 is 1.33 bits per heavy atom. The third-order valence-corrected chi connectivity index (χ3v) is 4.62. The summed E-state index contributed by atoms with van der Waals surface area (Å²) in [7, 11) is 1.66. The molecule has 0 saturated heterocycles. The SMILES string of the molecule is COc1ccccc1.Nc1nc2ccccc2nc1Nc1cccc2ccccc12. The van der Waals surface area contributed by atoms with Gasteiger partial charge in [-0.15, -0.1) is 0 Å². The molecule has 1 heterocycles. The first-order chi connectivity index (χ1) is 14.7. The summed E-state index contributed by atoms with van der Waals surface area (Å²) in [6.45, 7) is 0. The number of nitrogens with one attached hydrogen (secondary N) is 1. The van der Waals surface area contributed by atoms with Crippen LogP contribution in [0.25, 0.3) is 21.8 Å². The lowest BCUT2D eigenvalue weighted by atomic mass is 10.1. The molecule has 0 aliphatic heterocycles. The van der Waals surface area contributed by atoms with Crippen LogP contribution in [0.4, 0.5) is 17.3 Å². The number of hydrogen-bond donors (Lipinski definition) is 2. The van der Waals surface area contributed by atoms with E-state index in [1.165, 1.54) is 5.39 Å². The zero-order valence-corrected chi connectivity index (χ0v) is 16.6. The minimum Gasteiger partial charge on any atom is -0.497 e. The Hall–Kier alpha value is -4.12. The number of benzene rings is 4. The summed E-state index contributed by atoms with van der Waals surface area (Å²) in [4.78, 5) is 8.98. The number of nitrogen functional groups attached to an aromatic ring is 1. The molecule has 3 N–H and O–H groups in total. The second-order valence-corrected chi connectivity index (χ2v) is 6.62. The first kappa shape index (κ1) is 19.2. The standard InChI is InChI=1S/C18H14N4.C7H8O/c19-17-18(22-16-10-4-3-9-15(16)20-17)21-14-11-5-7-12-6-1-2-8-13(12)14;1-8-7-5-3-2-4-6-7/h1-11H,(H2,19,20)(H,21,22);2-6H,1H3. The lowest BCUT2D eigenvalue weighted by Crippen LogP contribution is -2.02. The Morgan fingerprint density at radius 3 is 2.07 bits per heavy atom. The van der Waals surface area contributed by atoms with Crippen molar-refractivity contribution in [1.82, 2.24) is 9.97 Å². The molecule has 5 aromatic rings. The molecule has 4 aromatic carbocycles. The Labute approximate surface area is 175 Å². The zero-order chi connectivity index (χ0) is 20.8. The molecule has 30 heavy (non-hydrogen) atoms. The number of methoxy groups -OCH3 is 1. The van der Waals surface area contributed by atoms with Gasteiger partial charge in [0, 0.05) is 11.1 Å². The van der Waals surface area contributed by atoms with E-state index >= 15 is 0 Å². The van der Waals surface area contributed by atoms with Crippen LogP contribution in [0.1, 0.15) is 0 Å². The van der Waals surface area contributed by atoms with Gasteiger partial charge in [-0.25, -0.2) is 9.97 Å². The molecule has 0 spiro atoms. The molecule has 0 aliphatic carbocycles. The highest BCUT2D eigenvalue weighted by atomic mass is 16.5. The number of nitrogens with two attached hydrogens (primary N) is 1. The van der Waals surface area contributed by atoms with Crippen molar-refractivity contribution in [2.24, 2.45) is 0 Å². The highest BCUT2D eigenvalue weighted by Crippen LogP contribution is 2.28. The van der Waals surface area contributed by atoms with E-state index in [4.69, 9.17) is 10.5 Å². The van der Waals surface area contributed by atoms with Crippen LogP contribution in [0.3, 0.4) is 0 Å². The number of rotatable bonds is 3. The van der Waals surface area contributed by atoms with E-state index in [9.17, 15) is 0 Å². The van der Waals surface area contributed by atoms with Crippen molar-refractivity contribution < 1.29 is 4.74 Å². The number of hydrogen-bond acceptors (Lipinski definition) is 5. The van der Waals surface area contributed by atoms with Crippen molar-refractivity contribution in [2.45, 2.75) is 0 Å². The summed E-state index contributed by atoms with van der Waals surface area (Å²) in [6, 6.07) is 31.7. The number of fused-ring (bicyclic) bond motifs is 2. The molecule has 0 fully saturated rings. The number of aromatic nitrogens is 2. The minimum atomic E-state index is 0.395. The predicted molar refractivity (Wildman–Crippen MR) is 124 cm³/mol. The molecule has 0 bridgehead atoms. The Kier molecular flexibility index (Phi) is 5.71. The quantitative estimate of drug-likeness (QED) is 0.404. The maximum absolute atomic E-state index is 6.04. The first-order valence-corrected chi connectivity index (χ1v) is 9.60. The van der Waals surface area contributed by atoms with Crippen LogP contribution in [-0.4, -0.2) is 17.1 Å². The second kappa shape index (κ2) is 8.92. The molecule has 0 saturated carbocycles. The Morgan fingerprint density at radius 1 is 0.700 bits per heavy atom. The lowest BCUT2D eigenvalue weighted by Gasteiger charge is -2.11. The van der Waals surface area contributed by atoms with Gasteiger partial charge in [-0.1, -0.05) is 66.7 Å². The topological polar surface area (TPSA) is 73.1 Å². The molecule has 0 amide bonds. The van der Waals surface area contributed by atoms with Gasteiger partial charge >= 0.3 is 0 Å². The fourth-order valence-electron chi connectivity index (χ4n) is 3.12. The fraction of sp³-hybridized carbons (Fsp3) is 0.0400. The molecule has 148 valence electrons.